The highest BCUT2D eigenvalue weighted by Gasteiger charge is 2.17. The summed E-state index contributed by atoms with van der Waals surface area (Å²) in [6.45, 7) is 0.544. The fourth-order valence-corrected chi connectivity index (χ4v) is 0.870. The van der Waals surface area contributed by atoms with E-state index in [4.69, 9.17) is 10.5 Å². The molecule has 0 saturated carbocycles. The van der Waals surface area contributed by atoms with Gasteiger partial charge in [-0.05, 0) is 0 Å². The Balaban J connectivity index is 2.41. The molecule has 0 bridgehead atoms. The molecule has 0 saturated heterocycles. The van der Waals surface area contributed by atoms with Gasteiger partial charge in [0.25, 0.3) is 0 Å². The van der Waals surface area contributed by atoms with Crippen molar-refractivity contribution in [3.05, 3.63) is 12.4 Å². The Morgan fingerprint density at radius 3 is 2.70 bits per heavy atom. The van der Waals surface area contributed by atoms with Crippen LogP contribution in [0.3, 0.4) is 0 Å². The van der Waals surface area contributed by atoms with E-state index in [2.05, 4.69) is 0 Å². The average Bonchev–Trinajstić information content (AvgIpc) is 2.20. The van der Waals surface area contributed by atoms with Crippen molar-refractivity contribution < 1.29 is 4.74 Å². The Hall–Kier alpha value is -0.740. The lowest BCUT2D eigenvalue weighted by Crippen LogP contribution is -2.44. The topological polar surface area (TPSA) is 41.7 Å². The van der Waals surface area contributed by atoms with Gasteiger partial charge in [-0.3, -0.25) is 5.73 Å². The van der Waals surface area contributed by atoms with Crippen LogP contribution in [0.1, 0.15) is 0 Å². The van der Waals surface area contributed by atoms with Crippen LogP contribution in [-0.2, 0) is 4.74 Å². The molecule has 0 aromatic heterocycles. The molecule has 1 atom stereocenters. The Kier molecular flexibility index (Phi) is 2.13. The number of ether oxygens (including phenoxy) is 1. The largest absolute Gasteiger partial charge is 0.364 e. The Morgan fingerprint density at radius 2 is 2.30 bits per heavy atom. The minimum Gasteiger partial charge on any atom is -0.364 e. The van der Waals surface area contributed by atoms with Crippen molar-refractivity contribution in [1.82, 2.24) is 9.80 Å². The molecule has 10 heavy (non-hydrogen) atoms. The van der Waals surface area contributed by atoms with Crippen molar-refractivity contribution in [3.63, 3.8) is 0 Å². The summed E-state index contributed by atoms with van der Waals surface area (Å²) in [4.78, 5) is 3.82. The fourth-order valence-electron chi connectivity index (χ4n) is 0.870. The van der Waals surface area contributed by atoms with Gasteiger partial charge in [0.15, 0.2) is 6.29 Å². The second-order valence-electron chi connectivity index (χ2n) is 2.31. The van der Waals surface area contributed by atoms with Crippen LogP contribution in [0.4, 0.5) is 0 Å². The Labute approximate surface area is 60.8 Å². The average molecular weight is 143 g/mol. The zero-order chi connectivity index (χ0) is 7.56. The minimum atomic E-state index is -0.0695. The van der Waals surface area contributed by atoms with E-state index in [9.17, 15) is 0 Å². The molecule has 2 N–H and O–H groups in total. The zero-order valence-electron chi connectivity index (χ0n) is 6.32. The van der Waals surface area contributed by atoms with Gasteiger partial charge >= 0.3 is 0 Å². The molecule has 1 unspecified atom stereocenters. The summed E-state index contributed by atoms with van der Waals surface area (Å²) in [5.41, 5.74) is 5.72. The van der Waals surface area contributed by atoms with E-state index in [1.54, 1.807) is 7.11 Å². The zero-order valence-corrected chi connectivity index (χ0v) is 6.32. The molecule has 1 rings (SSSR count). The SMILES string of the molecule is COCN1C=CN(C)C1N. The van der Waals surface area contributed by atoms with Gasteiger partial charge in [0.05, 0.1) is 0 Å². The second-order valence-corrected chi connectivity index (χ2v) is 2.31. The number of rotatable bonds is 2. The van der Waals surface area contributed by atoms with Gasteiger partial charge in [0.2, 0.25) is 0 Å². The summed E-state index contributed by atoms with van der Waals surface area (Å²) >= 11 is 0. The molecular formula is C6H13N3O. The monoisotopic (exact) mass is 143 g/mol. The quantitative estimate of drug-likeness (QED) is 0.568. The summed E-state index contributed by atoms with van der Waals surface area (Å²) in [6.07, 6.45) is 3.76. The highest BCUT2D eigenvalue weighted by atomic mass is 16.5. The summed E-state index contributed by atoms with van der Waals surface area (Å²) in [5, 5.41) is 0. The van der Waals surface area contributed by atoms with Gasteiger partial charge in [-0.15, -0.1) is 0 Å². The van der Waals surface area contributed by atoms with E-state index in [1.807, 2.05) is 29.2 Å². The number of methoxy groups -OCH3 is 1. The lowest BCUT2D eigenvalue weighted by Gasteiger charge is -2.25. The summed E-state index contributed by atoms with van der Waals surface area (Å²) in [7, 11) is 3.58. The van der Waals surface area contributed by atoms with Crippen LogP contribution in [0.15, 0.2) is 12.4 Å². The maximum atomic E-state index is 5.72. The fraction of sp³-hybridized carbons (Fsp3) is 0.667. The molecule has 0 amide bonds. The molecule has 1 aliphatic heterocycles. The first-order chi connectivity index (χ1) is 4.75. The van der Waals surface area contributed by atoms with Crippen LogP contribution in [0, 0.1) is 0 Å². The first kappa shape index (κ1) is 7.37. The standard InChI is InChI=1S/C6H13N3O/c1-8-3-4-9(5-10-2)6(8)7/h3-4,6H,5,7H2,1-2H3. The molecule has 1 aliphatic rings. The van der Waals surface area contributed by atoms with E-state index < -0.39 is 0 Å². The van der Waals surface area contributed by atoms with Crippen molar-refractivity contribution >= 4 is 0 Å². The lowest BCUT2D eigenvalue weighted by molar-refractivity contribution is 0.0468. The maximum Gasteiger partial charge on any atom is 0.156 e. The number of hydrogen-bond acceptors (Lipinski definition) is 4. The Bertz CT molecular complexity index is 137. The molecule has 0 fully saturated rings. The van der Waals surface area contributed by atoms with Crippen LogP contribution in [0.5, 0.6) is 0 Å². The highest BCUT2D eigenvalue weighted by Crippen LogP contribution is 2.07. The first-order valence-corrected chi connectivity index (χ1v) is 3.16. The molecule has 0 spiro atoms. The molecule has 58 valence electrons. The third kappa shape index (κ3) is 1.22. The van der Waals surface area contributed by atoms with E-state index in [-0.39, 0.29) is 6.29 Å². The van der Waals surface area contributed by atoms with Crippen LogP contribution in [-0.4, -0.2) is 37.0 Å². The summed E-state index contributed by atoms with van der Waals surface area (Å²) in [6, 6.07) is 0. The van der Waals surface area contributed by atoms with Crippen LogP contribution in [0.2, 0.25) is 0 Å². The van der Waals surface area contributed by atoms with E-state index in [0.717, 1.165) is 0 Å². The van der Waals surface area contributed by atoms with Gasteiger partial charge < -0.3 is 14.5 Å². The smallest absolute Gasteiger partial charge is 0.156 e. The molecule has 0 radical (unpaired) electrons. The van der Waals surface area contributed by atoms with Gasteiger partial charge in [0.1, 0.15) is 6.73 Å². The van der Waals surface area contributed by atoms with Crippen molar-refractivity contribution in [2.75, 3.05) is 20.9 Å². The lowest BCUT2D eigenvalue weighted by atomic mass is 10.7. The third-order valence-corrected chi connectivity index (χ3v) is 1.53. The summed E-state index contributed by atoms with van der Waals surface area (Å²) in [5.74, 6) is 0. The number of nitrogens with two attached hydrogens (primary N) is 1. The van der Waals surface area contributed by atoms with Crippen molar-refractivity contribution in [2.24, 2.45) is 5.73 Å². The van der Waals surface area contributed by atoms with Crippen LogP contribution >= 0.6 is 0 Å². The molecule has 0 aromatic carbocycles. The summed E-state index contributed by atoms with van der Waals surface area (Å²) < 4.78 is 4.91. The van der Waals surface area contributed by atoms with E-state index >= 15 is 0 Å². The number of nitrogens with zero attached hydrogens (tertiary/aromatic N) is 2. The molecule has 0 aliphatic carbocycles. The Morgan fingerprint density at radius 1 is 1.60 bits per heavy atom. The van der Waals surface area contributed by atoms with Crippen molar-refractivity contribution in [2.45, 2.75) is 6.29 Å². The van der Waals surface area contributed by atoms with E-state index in [0.29, 0.717) is 6.73 Å². The molecular weight excluding hydrogens is 130 g/mol. The van der Waals surface area contributed by atoms with Crippen LogP contribution in [0.25, 0.3) is 0 Å². The predicted molar refractivity (Wildman–Crippen MR) is 38.6 cm³/mol. The minimum absolute atomic E-state index is 0.0695. The van der Waals surface area contributed by atoms with Gasteiger partial charge in [-0.1, -0.05) is 0 Å². The van der Waals surface area contributed by atoms with Crippen molar-refractivity contribution in [3.8, 4) is 0 Å². The van der Waals surface area contributed by atoms with Gasteiger partial charge in [-0.25, -0.2) is 0 Å². The van der Waals surface area contributed by atoms with Crippen LogP contribution < -0.4 is 5.73 Å². The normalized spacial score (nSPS) is 24.5. The molecule has 4 nitrogen and oxygen atoms in total. The van der Waals surface area contributed by atoms with Gasteiger partial charge in [0, 0.05) is 26.6 Å². The molecule has 1 heterocycles. The molecule has 4 heteroatoms. The maximum absolute atomic E-state index is 5.72. The first-order valence-electron chi connectivity index (χ1n) is 3.16. The van der Waals surface area contributed by atoms with E-state index in [1.165, 1.54) is 0 Å². The highest BCUT2D eigenvalue weighted by molar-refractivity contribution is 4.91. The number of hydrogen-bond donors (Lipinski definition) is 1. The van der Waals surface area contributed by atoms with Gasteiger partial charge in [-0.2, -0.15) is 0 Å². The molecule has 0 aromatic rings. The predicted octanol–water partition coefficient (Wildman–Crippen LogP) is -0.449. The third-order valence-electron chi connectivity index (χ3n) is 1.53. The second kappa shape index (κ2) is 2.90. The van der Waals surface area contributed by atoms with Crippen molar-refractivity contribution in [1.29, 1.82) is 0 Å².